The van der Waals surface area contributed by atoms with Crippen LogP contribution in [-0.4, -0.2) is 16.1 Å². The number of nitrogens with zero attached hydrogens (tertiary/aromatic N) is 1. The number of aromatic amines is 1. The number of aryl methyl sites for hydroxylation is 1. The first kappa shape index (κ1) is 12.2. The van der Waals surface area contributed by atoms with Gasteiger partial charge in [0.05, 0.1) is 5.69 Å². The molecule has 1 aliphatic carbocycles. The normalized spacial score (nSPS) is 17.2. The highest BCUT2D eigenvalue weighted by molar-refractivity contribution is 5.48. The molecule has 1 fully saturated rings. The molecule has 0 radical (unpaired) electrons. The fraction of sp³-hybridized carbons (Fsp3) is 0.400. The van der Waals surface area contributed by atoms with Crippen molar-refractivity contribution in [2.45, 2.75) is 31.6 Å². The Labute approximate surface area is 112 Å². The Kier molecular flexibility index (Phi) is 2.82. The molecule has 3 rings (SSSR count). The number of rotatable bonds is 3. The topological polar surface area (TPSA) is 63.8 Å². The molecule has 19 heavy (non-hydrogen) atoms. The van der Waals surface area contributed by atoms with Crippen molar-refractivity contribution < 1.29 is 0 Å². The van der Waals surface area contributed by atoms with Crippen molar-refractivity contribution in [3.8, 4) is 5.69 Å². The van der Waals surface area contributed by atoms with E-state index in [1.54, 1.807) is 10.8 Å². The van der Waals surface area contributed by atoms with E-state index in [0.29, 0.717) is 6.54 Å². The van der Waals surface area contributed by atoms with Gasteiger partial charge < -0.3 is 10.7 Å². The molecule has 0 aliphatic heterocycles. The minimum absolute atomic E-state index is 0.0553. The van der Waals surface area contributed by atoms with E-state index in [9.17, 15) is 4.79 Å². The third-order valence-electron chi connectivity index (χ3n) is 4.38. The van der Waals surface area contributed by atoms with E-state index in [1.165, 1.54) is 12.0 Å². The van der Waals surface area contributed by atoms with Crippen LogP contribution in [0, 0.1) is 6.92 Å². The van der Waals surface area contributed by atoms with Crippen LogP contribution >= 0.6 is 0 Å². The first-order valence-electron chi connectivity index (χ1n) is 6.75. The van der Waals surface area contributed by atoms with Gasteiger partial charge in [0.25, 0.3) is 0 Å². The SMILES string of the molecule is Cc1c[nH]c(=O)n1-c1ccccc1C1(CN)CCC1. The molecule has 0 unspecified atom stereocenters. The quantitative estimate of drug-likeness (QED) is 0.881. The third-order valence-corrected chi connectivity index (χ3v) is 4.38. The number of benzene rings is 1. The molecular formula is C15H19N3O. The summed E-state index contributed by atoms with van der Waals surface area (Å²) in [6, 6.07) is 8.12. The molecule has 0 saturated heterocycles. The molecule has 1 aromatic carbocycles. The number of para-hydroxylation sites is 1. The molecule has 4 heteroatoms. The van der Waals surface area contributed by atoms with Crippen molar-refractivity contribution in [3.63, 3.8) is 0 Å². The van der Waals surface area contributed by atoms with Crippen molar-refractivity contribution in [2.75, 3.05) is 6.54 Å². The van der Waals surface area contributed by atoms with E-state index in [0.717, 1.165) is 24.2 Å². The van der Waals surface area contributed by atoms with E-state index in [2.05, 4.69) is 11.1 Å². The average Bonchev–Trinajstić information content (AvgIpc) is 2.69. The number of nitrogens with one attached hydrogen (secondary N) is 1. The maximum absolute atomic E-state index is 12.0. The summed E-state index contributed by atoms with van der Waals surface area (Å²) < 4.78 is 1.74. The van der Waals surface area contributed by atoms with Gasteiger partial charge in [0.15, 0.2) is 0 Å². The lowest BCUT2D eigenvalue weighted by Gasteiger charge is -2.42. The highest BCUT2D eigenvalue weighted by atomic mass is 16.1. The summed E-state index contributed by atoms with van der Waals surface area (Å²) in [6.45, 7) is 2.58. The number of hydrogen-bond acceptors (Lipinski definition) is 2. The molecule has 1 saturated carbocycles. The summed E-state index contributed by atoms with van der Waals surface area (Å²) in [5.74, 6) is 0. The highest BCUT2D eigenvalue weighted by Gasteiger charge is 2.39. The zero-order valence-corrected chi connectivity index (χ0v) is 11.1. The molecule has 4 nitrogen and oxygen atoms in total. The van der Waals surface area contributed by atoms with Gasteiger partial charge >= 0.3 is 5.69 Å². The molecule has 0 spiro atoms. The van der Waals surface area contributed by atoms with Gasteiger partial charge in [-0.2, -0.15) is 0 Å². The smallest absolute Gasteiger partial charge is 0.330 e. The van der Waals surface area contributed by atoms with Crippen LogP contribution in [0.3, 0.4) is 0 Å². The predicted octanol–water partition coefficient (Wildman–Crippen LogP) is 1.85. The van der Waals surface area contributed by atoms with E-state index in [4.69, 9.17) is 5.73 Å². The molecule has 2 aromatic rings. The Morgan fingerprint density at radius 2 is 2.11 bits per heavy atom. The lowest BCUT2D eigenvalue weighted by molar-refractivity contribution is 0.252. The Morgan fingerprint density at radius 3 is 2.63 bits per heavy atom. The maximum atomic E-state index is 12.0. The lowest BCUT2D eigenvalue weighted by Crippen LogP contribution is -2.42. The summed E-state index contributed by atoms with van der Waals surface area (Å²) in [5, 5.41) is 0. The van der Waals surface area contributed by atoms with Gasteiger partial charge in [-0.05, 0) is 31.4 Å². The third kappa shape index (κ3) is 1.75. The van der Waals surface area contributed by atoms with Gasteiger partial charge in [0.1, 0.15) is 0 Å². The van der Waals surface area contributed by atoms with Crippen LogP contribution in [0.5, 0.6) is 0 Å². The summed E-state index contributed by atoms with van der Waals surface area (Å²) in [6.07, 6.45) is 5.18. The van der Waals surface area contributed by atoms with Crippen molar-refractivity contribution in [2.24, 2.45) is 5.73 Å². The second-order valence-electron chi connectivity index (χ2n) is 5.43. The largest absolute Gasteiger partial charge is 0.330 e. The van der Waals surface area contributed by atoms with Crippen LogP contribution in [0.15, 0.2) is 35.3 Å². The number of H-pyrrole nitrogens is 1. The van der Waals surface area contributed by atoms with Gasteiger partial charge in [0.2, 0.25) is 0 Å². The van der Waals surface area contributed by atoms with Crippen molar-refractivity contribution in [1.82, 2.24) is 9.55 Å². The molecule has 100 valence electrons. The van der Waals surface area contributed by atoms with E-state index in [-0.39, 0.29) is 11.1 Å². The molecule has 1 aromatic heterocycles. The fourth-order valence-electron chi connectivity index (χ4n) is 3.06. The molecule has 1 heterocycles. The molecular weight excluding hydrogens is 238 g/mol. The van der Waals surface area contributed by atoms with Crippen LogP contribution in [0.1, 0.15) is 30.5 Å². The van der Waals surface area contributed by atoms with E-state index in [1.807, 2.05) is 25.1 Å². The molecule has 0 atom stereocenters. The van der Waals surface area contributed by atoms with Crippen molar-refractivity contribution >= 4 is 0 Å². The molecule has 3 N–H and O–H groups in total. The molecule has 1 aliphatic rings. The second kappa shape index (κ2) is 4.38. The summed E-state index contributed by atoms with van der Waals surface area (Å²) in [5.41, 5.74) is 9.06. The van der Waals surface area contributed by atoms with Crippen LogP contribution < -0.4 is 11.4 Å². The zero-order chi connectivity index (χ0) is 13.5. The van der Waals surface area contributed by atoms with Crippen LogP contribution in [0.4, 0.5) is 0 Å². The monoisotopic (exact) mass is 257 g/mol. The molecule has 0 bridgehead atoms. The summed E-state index contributed by atoms with van der Waals surface area (Å²) in [7, 11) is 0. The maximum Gasteiger partial charge on any atom is 0.330 e. The van der Waals surface area contributed by atoms with Crippen LogP contribution in [-0.2, 0) is 5.41 Å². The summed E-state index contributed by atoms with van der Waals surface area (Å²) in [4.78, 5) is 14.7. The van der Waals surface area contributed by atoms with Gasteiger partial charge in [-0.15, -0.1) is 0 Å². The zero-order valence-electron chi connectivity index (χ0n) is 11.1. The lowest BCUT2D eigenvalue weighted by atomic mass is 9.64. The first-order chi connectivity index (χ1) is 9.18. The van der Waals surface area contributed by atoms with Crippen LogP contribution in [0.25, 0.3) is 5.69 Å². The van der Waals surface area contributed by atoms with Gasteiger partial charge in [-0.25, -0.2) is 4.79 Å². The Morgan fingerprint density at radius 1 is 1.37 bits per heavy atom. The Hall–Kier alpha value is -1.81. The number of nitrogens with two attached hydrogens (primary N) is 1. The Bertz CT molecular complexity index is 644. The van der Waals surface area contributed by atoms with Gasteiger partial charge in [0, 0.05) is 23.9 Å². The first-order valence-corrected chi connectivity index (χ1v) is 6.75. The number of aromatic nitrogens is 2. The second-order valence-corrected chi connectivity index (χ2v) is 5.43. The van der Waals surface area contributed by atoms with E-state index >= 15 is 0 Å². The Balaban J connectivity index is 2.21. The fourth-order valence-corrected chi connectivity index (χ4v) is 3.06. The van der Waals surface area contributed by atoms with Gasteiger partial charge in [-0.3, -0.25) is 4.57 Å². The average molecular weight is 257 g/mol. The predicted molar refractivity (Wildman–Crippen MR) is 75.7 cm³/mol. The van der Waals surface area contributed by atoms with Gasteiger partial charge in [-0.1, -0.05) is 24.6 Å². The van der Waals surface area contributed by atoms with Crippen molar-refractivity contribution in [3.05, 3.63) is 52.2 Å². The summed E-state index contributed by atoms with van der Waals surface area (Å²) >= 11 is 0. The minimum atomic E-state index is -0.0866. The number of imidazole rings is 1. The number of hydrogen-bond donors (Lipinski definition) is 2. The molecule has 0 amide bonds. The van der Waals surface area contributed by atoms with Crippen LogP contribution in [0.2, 0.25) is 0 Å². The highest BCUT2D eigenvalue weighted by Crippen LogP contribution is 2.44. The standard InChI is InChI=1S/C15H19N3O/c1-11-9-17-14(19)18(11)13-6-3-2-5-12(13)15(10-16)7-4-8-15/h2-3,5-6,9H,4,7-8,10,16H2,1H3,(H,17,19). The van der Waals surface area contributed by atoms with E-state index < -0.39 is 0 Å². The van der Waals surface area contributed by atoms with Crippen molar-refractivity contribution in [1.29, 1.82) is 0 Å². The minimum Gasteiger partial charge on any atom is -0.330 e.